The first-order chi connectivity index (χ1) is 9.49. The number of nitrogens with two attached hydrogens (primary N) is 1. The zero-order valence-corrected chi connectivity index (χ0v) is 12.0. The molecule has 1 fully saturated rings. The van der Waals surface area contributed by atoms with Crippen LogP contribution in [0.5, 0.6) is 0 Å². The Kier molecular flexibility index (Phi) is 3.96. The third-order valence-corrected chi connectivity index (χ3v) is 3.41. The third kappa shape index (κ3) is 2.61. The molecular formula is C13H20N4O3. The molecule has 0 radical (unpaired) electrons. The summed E-state index contributed by atoms with van der Waals surface area (Å²) >= 11 is 0. The van der Waals surface area contributed by atoms with Crippen molar-refractivity contribution in [2.75, 3.05) is 12.8 Å². The average Bonchev–Trinajstić information content (AvgIpc) is 3.18. The van der Waals surface area contributed by atoms with Crippen molar-refractivity contribution in [1.29, 1.82) is 0 Å². The van der Waals surface area contributed by atoms with Crippen LogP contribution in [0.3, 0.4) is 0 Å². The molecule has 7 nitrogen and oxygen atoms in total. The zero-order chi connectivity index (χ0) is 14.9. The Bertz CT molecular complexity index is 534. The molecule has 1 aliphatic carbocycles. The minimum Gasteiger partial charge on any atom is -0.464 e. The highest BCUT2D eigenvalue weighted by molar-refractivity contribution is 5.93. The van der Waals surface area contributed by atoms with Gasteiger partial charge in [0.2, 0.25) is 5.91 Å². The predicted molar refractivity (Wildman–Crippen MR) is 73.2 cm³/mol. The number of anilines is 1. The van der Waals surface area contributed by atoms with E-state index < -0.39 is 12.0 Å². The Morgan fingerprint density at radius 3 is 2.70 bits per heavy atom. The lowest BCUT2D eigenvalue weighted by molar-refractivity contribution is -0.124. The van der Waals surface area contributed by atoms with Gasteiger partial charge in [0.05, 0.1) is 7.11 Å². The standard InChI is InChI=1S/C13H20N4O3/c1-4-9-16-10(13(19)20-3)11(14)17(9)7(2)12(18)15-8-5-6-8/h7-8H,4-6,14H2,1-3H3,(H,15,18). The summed E-state index contributed by atoms with van der Waals surface area (Å²) in [5.74, 6) is 0.0713. The summed E-state index contributed by atoms with van der Waals surface area (Å²) in [6.07, 6.45) is 2.61. The molecule has 3 N–H and O–H groups in total. The number of aryl methyl sites for hydroxylation is 1. The van der Waals surface area contributed by atoms with Crippen molar-refractivity contribution in [3.8, 4) is 0 Å². The number of hydrogen-bond donors (Lipinski definition) is 2. The van der Waals surface area contributed by atoms with E-state index in [4.69, 9.17) is 5.73 Å². The highest BCUT2D eigenvalue weighted by Crippen LogP contribution is 2.24. The number of aromatic nitrogens is 2. The number of methoxy groups -OCH3 is 1. The molecule has 1 atom stereocenters. The number of carbonyl (C=O) groups excluding carboxylic acids is 2. The lowest BCUT2D eigenvalue weighted by Crippen LogP contribution is -2.33. The first-order valence-electron chi connectivity index (χ1n) is 6.74. The SMILES string of the molecule is CCc1nc(C(=O)OC)c(N)n1C(C)C(=O)NC1CC1. The number of amides is 1. The normalized spacial score (nSPS) is 15.8. The Hall–Kier alpha value is -2.05. The minimum atomic E-state index is -0.592. The minimum absolute atomic E-state index is 0.0652. The fourth-order valence-electron chi connectivity index (χ4n) is 2.09. The van der Waals surface area contributed by atoms with E-state index in [0.29, 0.717) is 12.2 Å². The van der Waals surface area contributed by atoms with E-state index in [2.05, 4.69) is 15.0 Å². The van der Waals surface area contributed by atoms with Gasteiger partial charge >= 0.3 is 5.97 Å². The number of carbonyl (C=O) groups is 2. The molecule has 1 aliphatic rings. The molecule has 20 heavy (non-hydrogen) atoms. The Morgan fingerprint density at radius 1 is 1.55 bits per heavy atom. The van der Waals surface area contributed by atoms with Crippen LogP contribution in [0.15, 0.2) is 0 Å². The largest absolute Gasteiger partial charge is 0.464 e. The molecule has 110 valence electrons. The van der Waals surface area contributed by atoms with E-state index >= 15 is 0 Å². The van der Waals surface area contributed by atoms with Crippen LogP contribution in [0.4, 0.5) is 5.82 Å². The maximum absolute atomic E-state index is 12.1. The molecule has 2 rings (SSSR count). The van der Waals surface area contributed by atoms with Gasteiger partial charge in [-0.25, -0.2) is 9.78 Å². The molecule has 0 saturated heterocycles. The second kappa shape index (κ2) is 5.52. The third-order valence-electron chi connectivity index (χ3n) is 3.41. The van der Waals surface area contributed by atoms with Gasteiger partial charge in [0.25, 0.3) is 0 Å². The number of ether oxygens (including phenoxy) is 1. The van der Waals surface area contributed by atoms with Gasteiger partial charge in [-0.2, -0.15) is 0 Å². The summed E-state index contributed by atoms with van der Waals surface area (Å²) in [5, 5.41) is 2.92. The highest BCUT2D eigenvalue weighted by atomic mass is 16.5. The maximum Gasteiger partial charge on any atom is 0.360 e. The lowest BCUT2D eigenvalue weighted by Gasteiger charge is -2.17. The van der Waals surface area contributed by atoms with Gasteiger partial charge < -0.3 is 20.4 Å². The first-order valence-corrected chi connectivity index (χ1v) is 6.74. The number of nitrogens with one attached hydrogen (secondary N) is 1. The fraction of sp³-hybridized carbons (Fsp3) is 0.615. The summed E-state index contributed by atoms with van der Waals surface area (Å²) < 4.78 is 6.25. The Labute approximate surface area is 117 Å². The monoisotopic (exact) mass is 280 g/mol. The maximum atomic E-state index is 12.1. The topological polar surface area (TPSA) is 99.2 Å². The number of imidazole rings is 1. The van der Waals surface area contributed by atoms with Gasteiger partial charge in [0.15, 0.2) is 5.69 Å². The molecule has 1 amide bonds. The van der Waals surface area contributed by atoms with Crippen molar-refractivity contribution >= 4 is 17.7 Å². The molecule has 1 unspecified atom stereocenters. The van der Waals surface area contributed by atoms with E-state index in [-0.39, 0.29) is 23.5 Å². The average molecular weight is 280 g/mol. The van der Waals surface area contributed by atoms with Crippen LogP contribution in [0.1, 0.15) is 49.0 Å². The second-order valence-corrected chi connectivity index (χ2v) is 4.94. The van der Waals surface area contributed by atoms with Gasteiger partial charge in [0.1, 0.15) is 17.7 Å². The van der Waals surface area contributed by atoms with Gasteiger partial charge in [-0.1, -0.05) is 6.92 Å². The molecule has 1 heterocycles. The molecule has 0 bridgehead atoms. The van der Waals surface area contributed by atoms with E-state index in [9.17, 15) is 9.59 Å². The van der Waals surface area contributed by atoms with E-state index in [1.807, 2.05) is 6.92 Å². The smallest absolute Gasteiger partial charge is 0.360 e. The van der Waals surface area contributed by atoms with Gasteiger partial charge in [-0.15, -0.1) is 0 Å². The Balaban J connectivity index is 2.30. The second-order valence-electron chi connectivity index (χ2n) is 4.94. The molecular weight excluding hydrogens is 260 g/mol. The van der Waals surface area contributed by atoms with Crippen LogP contribution in [0, 0.1) is 0 Å². The number of hydrogen-bond acceptors (Lipinski definition) is 5. The highest BCUT2D eigenvalue weighted by Gasteiger charge is 2.30. The quantitative estimate of drug-likeness (QED) is 0.772. The zero-order valence-electron chi connectivity index (χ0n) is 12.0. The number of esters is 1. The summed E-state index contributed by atoms with van der Waals surface area (Å²) in [6.45, 7) is 3.64. The summed E-state index contributed by atoms with van der Waals surface area (Å²) in [5.41, 5.74) is 6.03. The summed E-state index contributed by atoms with van der Waals surface area (Å²) in [6, 6.07) is -0.226. The molecule has 1 aromatic rings. The van der Waals surface area contributed by atoms with Crippen molar-refractivity contribution in [2.24, 2.45) is 0 Å². The predicted octanol–water partition coefficient (Wildman–Crippen LogP) is 0.654. The van der Waals surface area contributed by atoms with Crippen LogP contribution < -0.4 is 11.1 Å². The van der Waals surface area contributed by atoms with Gasteiger partial charge in [-0.05, 0) is 19.8 Å². The van der Waals surface area contributed by atoms with Crippen molar-refractivity contribution in [1.82, 2.24) is 14.9 Å². The number of rotatable bonds is 5. The molecule has 7 heteroatoms. The van der Waals surface area contributed by atoms with Crippen molar-refractivity contribution in [3.63, 3.8) is 0 Å². The molecule has 1 saturated carbocycles. The fourth-order valence-corrected chi connectivity index (χ4v) is 2.09. The molecule has 0 aromatic carbocycles. The van der Waals surface area contributed by atoms with Crippen LogP contribution >= 0.6 is 0 Å². The van der Waals surface area contributed by atoms with Gasteiger partial charge in [-0.3, -0.25) is 4.79 Å². The molecule has 1 aromatic heterocycles. The van der Waals surface area contributed by atoms with Crippen molar-refractivity contribution in [2.45, 2.75) is 45.2 Å². The number of nitrogen functional groups attached to an aromatic ring is 1. The van der Waals surface area contributed by atoms with Gasteiger partial charge in [0, 0.05) is 12.5 Å². The molecule has 0 spiro atoms. The van der Waals surface area contributed by atoms with Crippen LogP contribution in [-0.2, 0) is 16.0 Å². The van der Waals surface area contributed by atoms with Crippen LogP contribution in [0.2, 0.25) is 0 Å². The Morgan fingerprint density at radius 2 is 2.20 bits per heavy atom. The summed E-state index contributed by atoms with van der Waals surface area (Å²) in [4.78, 5) is 27.9. The van der Waals surface area contributed by atoms with Crippen LogP contribution in [-0.4, -0.2) is 34.6 Å². The lowest BCUT2D eigenvalue weighted by atomic mass is 10.2. The first kappa shape index (κ1) is 14.4. The molecule has 0 aliphatic heterocycles. The summed E-state index contributed by atoms with van der Waals surface area (Å²) in [7, 11) is 1.27. The number of nitrogens with zero attached hydrogens (tertiary/aromatic N) is 2. The van der Waals surface area contributed by atoms with E-state index in [1.165, 1.54) is 7.11 Å². The van der Waals surface area contributed by atoms with Crippen molar-refractivity contribution in [3.05, 3.63) is 11.5 Å². The van der Waals surface area contributed by atoms with Crippen molar-refractivity contribution < 1.29 is 14.3 Å². The van der Waals surface area contributed by atoms with E-state index in [1.54, 1.807) is 11.5 Å². The van der Waals surface area contributed by atoms with E-state index in [0.717, 1.165) is 12.8 Å². The van der Waals surface area contributed by atoms with Crippen LogP contribution in [0.25, 0.3) is 0 Å².